The molecule has 1 aliphatic rings. The van der Waals surface area contributed by atoms with Gasteiger partial charge in [-0.3, -0.25) is 4.79 Å². The van der Waals surface area contributed by atoms with E-state index < -0.39 is 12.0 Å². The Morgan fingerprint density at radius 3 is 2.45 bits per heavy atom. The minimum Gasteiger partial charge on any atom is -0.462 e. The van der Waals surface area contributed by atoms with Gasteiger partial charge < -0.3 is 15.4 Å². The molecule has 3 aromatic carbocycles. The van der Waals surface area contributed by atoms with Gasteiger partial charge in [0.15, 0.2) is 0 Å². The molecule has 1 atom stereocenters. The fourth-order valence-electron chi connectivity index (χ4n) is 4.27. The number of hydrogen-bond acceptors (Lipinski definition) is 7. The molecule has 11 heteroatoms. The number of aromatic nitrogens is 3. The van der Waals surface area contributed by atoms with Gasteiger partial charge in [-0.2, -0.15) is 4.98 Å². The Morgan fingerprint density at radius 2 is 1.77 bits per heavy atom. The molecule has 0 radical (unpaired) electrons. The van der Waals surface area contributed by atoms with E-state index in [9.17, 15) is 9.59 Å². The molecule has 1 aliphatic heterocycles. The maximum atomic E-state index is 13.7. The molecule has 1 amide bonds. The van der Waals surface area contributed by atoms with Crippen LogP contribution in [0, 0.1) is 0 Å². The molecular weight excluding hydrogens is 614 g/mol. The van der Waals surface area contributed by atoms with E-state index in [0.717, 1.165) is 15.6 Å². The lowest BCUT2D eigenvalue weighted by molar-refractivity contribution is -0.113. The molecule has 0 saturated carbocycles. The molecule has 0 spiro atoms. The summed E-state index contributed by atoms with van der Waals surface area (Å²) < 4.78 is 7.72. The Balaban J connectivity index is 1.42. The van der Waals surface area contributed by atoms with Crippen molar-refractivity contribution in [3.8, 4) is 0 Å². The van der Waals surface area contributed by atoms with Crippen molar-refractivity contribution in [2.45, 2.75) is 30.8 Å². The first-order chi connectivity index (χ1) is 19.3. The normalized spacial score (nSPS) is 14.3. The molecule has 2 N–H and O–H groups in total. The number of thioether (sulfide) groups is 1. The molecule has 204 valence electrons. The SMILES string of the molecule is CCOC(=O)c1ccc(NC(=O)C2=C(C)Nc3nc(SCc4ccc(Cl)cc4)nn3[C@@H]2c2ccc(Br)cc2)cc1. The van der Waals surface area contributed by atoms with Crippen LogP contribution in [0.2, 0.25) is 5.02 Å². The van der Waals surface area contributed by atoms with Gasteiger partial charge >= 0.3 is 5.97 Å². The number of carbonyl (C=O) groups is 2. The number of fused-ring (bicyclic) bond motifs is 1. The zero-order valence-electron chi connectivity index (χ0n) is 21.7. The Labute approximate surface area is 249 Å². The lowest BCUT2D eigenvalue weighted by Crippen LogP contribution is -2.31. The lowest BCUT2D eigenvalue weighted by atomic mass is 9.95. The number of benzene rings is 3. The van der Waals surface area contributed by atoms with Gasteiger partial charge in [-0.05, 0) is 73.5 Å². The van der Waals surface area contributed by atoms with Gasteiger partial charge in [-0.25, -0.2) is 9.48 Å². The molecule has 40 heavy (non-hydrogen) atoms. The maximum absolute atomic E-state index is 13.7. The zero-order chi connectivity index (χ0) is 28.2. The topological polar surface area (TPSA) is 98.1 Å². The minimum atomic E-state index is -0.513. The molecule has 1 aromatic heterocycles. The van der Waals surface area contributed by atoms with Crippen LogP contribution >= 0.6 is 39.3 Å². The lowest BCUT2D eigenvalue weighted by Gasteiger charge is -2.28. The quantitative estimate of drug-likeness (QED) is 0.157. The van der Waals surface area contributed by atoms with E-state index in [1.165, 1.54) is 11.8 Å². The molecule has 0 unspecified atom stereocenters. The highest BCUT2D eigenvalue weighted by atomic mass is 79.9. The fourth-order valence-corrected chi connectivity index (χ4v) is 5.45. The number of allylic oxidation sites excluding steroid dienone is 1. The van der Waals surface area contributed by atoms with Crippen LogP contribution < -0.4 is 10.6 Å². The first-order valence-electron chi connectivity index (χ1n) is 12.5. The second kappa shape index (κ2) is 12.3. The first kappa shape index (κ1) is 27.9. The summed E-state index contributed by atoms with van der Waals surface area (Å²) in [6.45, 7) is 3.90. The van der Waals surface area contributed by atoms with E-state index >= 15 is 0 Å². The molecule has 0 bridgehead atoms. The van der Waals surface area contributed by atoms with Gasteiger partial charge in [-0.15, -0.1) is 5.10 Å². The van der Waals surface area contributed by atoms with Crippen molar-refractivity contribution in [3.63, 3.8) is 0 Å². The van der Waals surface area contributed by atoms with Crippen molar-refractivity contribution >= 4 is 62.8 Å². The van der Waals surface area contributed by atoms with Gasteiger partial charge in [0, 0.05) is 26.6 Å². The first-order valence-corrected chi connectivity index (χ1v) is 14.6. The third-order valence-corrected chi connectivity index (χ3v) is 7.89. The van der Waals surface area contributed by atoms with Gasteiger partial charge in [0.05, 0.1) is 17.7 Å². The van der Waals surface area contributed by atoms with Gasteiger partial charge in [0.1, 0.15) is 6.04 Å². The van der Waals surface area contributed by atoms with Gasteiger partial charge in [0.2, 0.25) is 11.1 Å². The van der Waals surface area contributed by atoms with Crippen LogP contribution in [0.15, 0.2) is 93.7 Å². The van der Waals surface area contributed by atoms with Crippen molar-refractivity contribution in [1.29, 1.82) is 0 Å². The number of halogens is 2. The Morgan fingerprint density at radius 1 is 1.07 bits per heavy atom. The highest BCUT2D eigenvalue weighted by Crippen LogP contribution is 2.37. The molecule has 0 aliphatic carbocycles. The second-order valence-corrected chi connectivity index (χ2v) is 11.2. The van der Waals surface area contributed by atoms with Crippen molar-refractivity contribution in [2.75, 3.05) is 17.2 Å². The van der Waals surface area contributed by atoms with Crippen LogP contribution in [0.4, 0.5) is 11.6 Å². The number of anilines is 2. The summed E-state index contributed by atoms with van der Waals surface area (Å²) in [6, 6.07) is 21.5. The highest BCUT2D eigenvalue weighted by molar-refractivity contribution is 9.10. The summed E-state index contributed by atoms with van der Waals surface area (Å²) in [4.78, 5) is 30.4. The van der Waals surface area contributed by atoms with E-state index in [0.29, 0.717) is 51.0 Å². The van der Waals surface area contributed by atoms with Crippen LogP contribution in [0.5, 0.6) is 0 Å². The minimum absolute atomic E-state index is 0.292. The summed E-state index contributed by atoms with van der Waals surface area (Å²) in [7, 11) is 0. The number of amides is 1. The summed E-state index contributed by atoms with van der Waals surface area (Å²) in [6.07, 6.45) is 0. The number of ether oxygens (including phenoxy) is 1. The van der Waals surface area contributed by atoms with Crippen molar-refractivity contribution in [3.05, 3.63) is 110 Å². The molecule has 0 fully saturated rings. The van der Waals surface area contributed by atoms with Crippen LogP contribution in [0.3, 0.4) is 0 Å². The fraction of sp³-hybridized carbons (Fsp3) is 0.172. The Bertz CT molecular complexity index is 1570. The van der Waals surface area contributed by atoms with Crippen molar-refractivity contribution in [2.24, 2.45) is 0 Å². The number of carbonyl (C=O) groups excluding carboxylic acids is 2. The van der Waals surface area contributed by atoms with Crippen molar-refractivity contribution < 1.29 is 14.3 Å². The monoisotopic (exact) mass is 637 g/mol. The highest BCUT2D eigenvalue weighted by Gasteiger charge is 2.34. The molecule has 8 nitrogen and oxygen atoms in total. The van der Waals surface area contributed by atoms with Crippen LogP contribution in [0.25, 0.3) is 0 Å². The largest absolute Gasteiger partial charge is 0.462 e. The summed E-state index contributed by atoms with van der Waals surface area (Å²) in [5.41, 5.74) is 4.12. The van der Waals surface area contributed by atoms with E-state index in [-0.39, 0.29) is 5.91 Å². The molecular formula is C29H25BrClN5O3S. The molecule has 5 rings (SSSR count). The molecule has 0 saturated heterocycles. The van der Waals surface area contributed by atoms with E-state index in [1.54, 1.807) is 35.9 Å². The molecule has 2 heterocycles. The van der Waals surface area contributed by atoms with Gasteiger partial charge in [0.25, 0.3) is 5.91 Å². The maximum Gasteiger partial charge on any atom is 0.338 e. The Hall–Kier alpha value is -3.60. The molecule has 4 aromatic rings. The van der Waals surface area contributed by atoms with E-state index in [1.807, 2.05) is 55.5 Å². The summed E-state index contributed by atoms with van der Waals surface area (Å²) in [5, 5.41) is 12.3. The standard InChI is InChI=1S/C29H25BrClN5O3S/c1-3-39-27(38)20-8-14-23(15-9-20)33-26(37)24-17(2)32-28-34-29(40-16-18-4-12-22(31)13-5-18)35-36(28)25(24)19-6-10-21(30)11-7-19/h4-15,25H,3,16H2,1-2H3,(H,33,37)(H,32,34,35)/t25-/m1/s1. The number of nitrogens with one attached hydrogen (secondary N) is 2. The number of hydrogen-bond donors (Lipinski definition) is 2. The third-order valence-electron chi connectivity index (χ3n) is 6.20. The van der Waals surface area contributed by atoms with Crippen LogP contribution in [-0.2, 0) is 15.3 Å². The average Bonchev–Trinajstić information content (AvgIpc) is 3.35. The summed E-state index contributed by atoms with van der Waals surface area (Å²) in [5.74, 6) is 0.525. The number of nitrogens with zero attached hydrogens (tertiary/aromatic N) is 3. The van der Waals surface area contributed by atoms with Gasteiger partial charge in [-0.1, -0.05) is 63.6 Å². The van der Waals surface area contributed by atoms with Crippen molar-refractivity contribution in [1.82, 2.24) is 14.8 Å². The smallest absolute Gasteiger partial charge is 0.338 e. The zero-order valence-corrected chi connectivity index (χ0v) is 24.8. The third kappa shape index (κ3) is 6.24. The number of rotatable bonds is 8. The predicted molar refractivity (Wildman–Crippen MR) is 161 cm³/mol. The summed E-state index contributed by atoms with van der Waals surface area (Å²) >= 11 is 11.0. The predicted octanol–water partition coefficient (Wildman–Crippen LogP) is 7.09. The second-order valence-electron chi connectivity index (χ2n) is 8.95. The average molecular weight is 639 g/mol. The van der Waals surface area contributed by atoms with Crippen LogP contribution in [0.1, 0.15) is 41.4 Å². The number of esters is 1. The Kier molecular flexibility index (Phi) is 8.58. The van der Waals surface area contributed by atoms with Crippen LogP contribution in [-0.4, -0.2) is 33.2 Å². The van der Waals surface area contributed by atoms with E-state index in [4.69, 9.17) is 26.4 Å². The van der Waals surface area contributed by atoms with E-state index in [2.05, 4.69) is 26.6 Å².